The molecule has 3 heteroatoms. The lowest BCUT2D eigenvalue weighted by Gasteiger charge is -2.30. The largest absolute Gasteiger partial charge is 0.352 e. The van der Waals surface area contributed by atoms with Crippen LogP contribution in [0.3, 0.4) is 0 Å². The first kappa shape index (κ1) is 13.1. The van der Waals surface area contributed by atoms with Crippen LogP contribution in [-0.4, -0.2) is 18.5 Å². The number of hydrogen-bond donors (Lipinski definition) is 2. The van der Waals surface area contributed by atoms with E-state index in [0.29, 0.717) is 6.54 Å². The van der Waals surface area contributed by atoms with Crippen LogP contribution < -0.4 is 11.1 Å². The van der Waals surface area contributed by atoms with E-state index in [9.17, 15) is 4.79 Å². The van der Waals surface area contributed by atoms with Gasteiger partial charge in [-0.1, -0.05) is 44.0 Å². The molecule has 1 aliphatic rings. The molecule has 0 saturated carbocycles. The number of nitrogens with one attached hydrogen (secondary N) is 1. The zero-order chi connectivity index (χ0) is 13.0. The summed E-state index contributed by atoms with van der Waals surface area (Å²) in [5.74, 6) is 0.178. The van der Waals surface area contributed by atoms with Crippen LogP contribution >= 0.6 is 0 Å². The lowest BCUT2D eigenvalue weighted by atomic mass is 9.77. The molecule has 18 heavy (non-hydrogen) atoms. The molecule has 1 amide bonds. The third-order valence-electron chi connectivity index (χ3n) is 3.71. The van der Waals surface area contributed by atoms with E-state index in [4.69, 9.17) is 5.73 Å². The maximum absolute atomic E-state index is 12.2. The van der Waals surface area contributed by atoms with Gasteiger partial charge in [0.15, 0.2) is 0 Å². The third-order valence-corrected chi connectivity index (χ3v) is 3.71. The summed E-state index contributed by atoms with van der Waals surface area (Å²) in [6.45, 7) is 2.68. The van der Waals surface area contributed by atoms with Gasteiger partial charge in [-0.15, -0.1) is 0 Å². The van der Waals surface area contributed by atoms with Crippen LogP contribution in [0, 0.1) is 0 Å². The van der Waals surface area contributed by atoms with Crippen molar-refractivity contribution in [3.63, 3.8) is 0 Å². The average molecular weight is 246 g/mol. The molecule has 0 saturated heterocycles. The van der Waals surface area contributed by atoms with E-state index < -0.39 is 0 Å². The summed E-state index contributed by atoms with van der Waals surface area (Å²) in [6, 6.07) is 8.29. The highest BCUT2D eigenvalue weighted by molar-refractivity contribution is 5.87. The van der Waals surface area contributed by atoms with Gasteiger partial charge in [-0.2, -0.15) is 0 Å². The summed E-state index contributed by atoms with van der Waals surface area (Å²) in [4.78, 5) is 12.2. The zero-order valence-electron chi connectivity index (χ0n) is 11.0. The highest BCUT2D eigenvalue weighted by Gasteiger charge is 2.32. The van der Waals surface area contributed by atoms with Crippen LogP contribution in [0.15, 0.2) is 24.3 Å². The molecular formula is C15H22N2O. The van der Waals surface area contributed by atoms with E-state index in [1.165, 1.54) is 11.1 Å². The number of unbranched alkanes of at least 4 members (excludes halogenated alkanes) is 1. The number of rotatable bonds is 6. The summed E-state index contributed by atoms with van der Waals surface area (Å²) in [7, 11) is 0. The molecule has 3 nitrogen and oxygen atoms in total. The SMILES string of the molecule is CCCCC(CN)NC(=O)C1Cc2ccccc21. The minimum absolute atomic E-state index is 0.0388. The van der Waals surface area contributed by atoms with Crippen molar-refractivity contribution in [1.29, 1.82) is 0 Å². The average Bonchev–Trinajstić information content (AvgIpc) is 2.36. The molecular weight excluding hydrogens is 224 g/mol. The molecule has 3 N–H and O–H groups in total. The fraction of sp³-hybridized carbons (Fsp3) is 0.533. The Morgan fingerprint density at radius 1 is 1.50 bits per heavy atom. The second-order valence-electron chi connectivity index (χ2n) is 5.04. The van der Waals surface area contributed by atoms with Gasteiger partial charge in [0.05, 0.1) is 5.92 Å². The van der Waals surface area contributed by atoms with Crippen molar-refractivity contribution in [3.05, 3.63) is 35.4 Å². The summed E-state index contributed by atoms with van der Waals surface area (Å²) in [5.41, 5.74) is 8.18. The van der Waals surface area contributed by atoms with E-state index >= 15 is 0 Å². The smallest absolute Gasteiger partial charge is 0.228 e. The quantitative estimate of drug-likeness (QED) is 0.806. The van der Waals surface area contributed by atoms with Crippen molar-refractivity contribution in [2.45, 2.75) is 44.6 Å². The molecule has 1 aromatic carbocycles. The number of carbonyl (C=O) groups excluding carboxylic acids is 1. The van der Waals surface area contributed by atoms with Crippen LogP contribution in [0.25, 0.3) is 0 Å². The Balaban J connectivity index is 1.90. The van der Waals surface area contributed by atoms with Crippen LogP contribution in [0.4, 0.5) is 0 Å². The van der Waals surface area contributed by atoms with E-state index in [1.807, 2.05) is 18.2 Å². The fourth-order valence-electron chi connectivity index (χ4n) is 2.49. The van der Waals surface area contributed by atoms with Crippen molar-refractivity contribution >= 4 is 5.91 Å². The zero-order valence-corrected chi connectivity index (χ0v) is 11.0. The summed E-state index contributed by atoms with van der Waals surface area (Å²) in [6.07, 6.45) is 4.10. The van der Waals surface area contributed by atoms with Gasteiger partial charge in [0.1, 0.15) is 0 Å². The van der Waals surface area contributed by atoms with Gasteiger partial charge in [-0.25, -0.2) is 0 Å². The Hall–Kier alpha value is -1.35. The first-order valence-electron chi connectivity index (χ1n) is 6.84. The summed E-state index contributed by atoms with van der Waals surface area (Å²) >= 11 is 0. The molecule has 0 spiro atoms. The van der Waals surface area contributed by atoms with Gasteiger partial charge in [0, 0.05) is 12.6 Å². The molecule has 0 heterocycles. The van der Waals surface area contributed by atoms with Gasteiger partial charge in [0.2, 0.25) is 5.91 Å². The standard InChI is InChI=1S/C15H22N2O/c1-2-3-7-12(10-16)17-15(18)14-9-11-6-4-5-8-13(11)14/h4-6,8,12,14H,2-3,7,9-10,16H2,1H3,(H,17,18). The minimum Gasteiger partial charge on any atom is -0.352 e. The number of carbonyl (C=O) groups is 1. The van der Waals surface area contributed by atoms with E-state index in [0.717, 1.165) is 25.7 Å². The lowest BCUT2D eigenvalue weighted by molar-refractivity contribution is -0.123. The van der Waals surface area contributed by atoms with Crippen LogP contribution in [0.1, 0.15) is 43.2 Å². The maximum Gasteiger partial charge on any atom is 0.228 e. The van der Waals surface area contributed by atoms with Crippen molar-refractivity contribution in [2.24, 2.45) is 5.73 Å². The Morgan fingerprint density at radius 2 is 2.28 bits per heavy atom. The van der Waals surface area contributed by atoms with E-state index in [-0.39, 0.29) is 17.9 Å². The second-order valence-corrected chi connectivity index (χ2v) is 5.04. The molecule has 2 unspecified atom stereocenters. The van der Waals surface area contributed by atoms with Crippen LogP contribution in [0.5, 0.6) is 0 Å². The van der Waals surface area contributed by atoms with Crippen molar-refractivity contribution in [2.75, 3.05) is 6.54 Å². The molecule has 0 fully saturated rings. The molecule has 0 aliphatic heterocycles. The Kier molecular flexibility index (Phi) is 4.37. The van der Waals surface area contributed by atoms with Gasteiger partial charge >= 0.3 is 0 Å². The normalized spacial score (nSPS) is 18.7. The van der Waals surface area contributed by atoms with Crippen LogP contribution in [0.2, 0.25) is 0 Å². The van der Waals surface area contributed by atoms with Gasteiger partial charge in [-0.05, 0) is 24.0 Å². The summed E-state index contributed by atoms with van der Waals surface area (Å²) in [5, 5.41) is 3.08. The molecule has 0 aromatic heterocycles. The molecule has 1 aliphatic carbocycles. The van der Waals surface area contributed by atoms with Crippen molar-refractivity contribution in [3.8, 4) is 0 Å². The second kappa shape index (κ2) is 6.01. The molecule has 0 radical (unpaired) electrons. The van der Waals surface area contributed by atoms with E-state index in [1.54, 1.807) is 0 Å². The number of fused-ring (bicyclic) bond motifs is 1. The fourth-order valence-corrected chi connectivity index (χ4v) is 2.49. The van der Waals surface area contributed by atoms with Gasteiger partial charge < -0.3 is 11.1 Å². The third kappa shape index (κ3) is 2.72. The van der Waals surface area contributed by atoms with E-state index in [2.05, 4.69) is 18.3 Å². The highest BCUT2D eigenvalue weighted by atomic mass is 16.2. The molecule has 98 valence electrons. The minimum atomic E-state index is 0.0388. The number of nitrogens with two attached hydrogens (primary N) is 1. The number of benzene rings is 1. The highest BCUT2D eigenvalue weighted by Crippen LogP contribution is 2.34. The van der Waals surface area contributed by atoms with Gasteiger partial charge in [0.25, 0.3) is 0 Å². The Labute approximate surface area is 109 Å². The Morgan fingerprint density at radius 3 is 2.94 bits per heavy atom. The molecule has 2 rings (SSSR count). The predicted molar refractivity (Wildman–Crippen MR) is 73.4 cm³/mol. The Bertz CT molecular complexity index is 417. The topological polar surface area (TPSA) is 55.1 Å². The van der Waals surface area contributed by atoms with Crippen molar-refractivity contribution < 1.29 is 4.79 Å². The van der Waals surface area contributed by atoms with Crippen molar-refractivity contribution in [1.82, 2.24) is 5.32 Å². The summed E-state index contributed by atoms with van der Waals surface area (Å²) < 4.78 is 0. The van der Waals surface area contributed by atoms with Crippen LogP contribution in [-0.2, 0) is 11.2 Å². The van der Waals surface area contributed by atoms with Gasteiger partial charge in [-0.3, -0.25) is 4.79 Å². The maximum atomic E-state index is 12.2. The molecule has 0 bridgehead atoms. The monoisotopic (exact) mass is 246 g/mol. The first-order chi connectivity index (χ1) is 8.76. The predicted octanol–water partition coefficient (Wildman–Crippen LogP) is 1.96. The first-order valence-corrected chi connectivity index (χ1v) is 6.84. The molecule has 2 atom stereocenters. The lowest BCUT2D eigenvalue weighted by Crippen LogP contribution is -2.44. The molecule has 1 aromatic rings. The number of hydrogen-bond acceptors (Lipinski definition) is 2. The number of amides is 1.